The average Bonchev–Trinajstić information content (AvgIpc) is 3.42. The van der Waals surface area contributed by atoms with Gasteiger partial charge in [0, 0.05) is 76.6 Å². The molecule has 0 bridgehead atoms. The Balaban J connectivity index is 1.22. The van der Waals surface area contributed by atoms with Gasteiger partial charge in [0.05, 0.1) is 29.4 Å². The Hall–Kier alpha value is -4.00. The molecule has 12 heteroatoms. The third kappa shape index (κ3) is 8.95. The van der Waals surface area contributed by atoms with Gasteiger partial charge in [0.25, 0.3) is 11.8 Å². The summed E-state index contributed by atoms with van der Waals surface area (Å²) in [6, 6.07) is 20.7. The van der Waals surface area contributed by atoms with Crippen LogP contribution in [0.4, 0.5) is 10.1 Å². The predicted octanol–water partition coefficient (Wildman–Crippen LogP) is 7.64. The fourth-order valence-electron chi connectivity index (χ4n) is 6.73. The van der Waals surface area contributed by atoms with Crippen molar-refractivity contribution in [3.63, 3.8) is 0 Å². The molecule has 0 spiro atoms. The molecule has 0 radical (unpaired) electrons. The molecular weight excluding hydrogens is 699 g/mol. The van der Waals surface area contributed by atoms with Gasteiger partial charge in [-0.3, -0.25) is 14.5 Å². The number of benzene rings is 3. The molecule has 3 aromatic carbocycles. The number of rotatable bonds is 12. The van der Waals surface area contributed by atoms with Crippen LogP contribution < -0.4 is 10.1 Å². The van der Waals surface area contributed by atoms with Crippen LogP contribution in [0.3, 0.4) is 0 Å². The molecule has 1 fully saturated rings. The molecule has 2 aliphatic heterocycles. The number of hydrogen-bond donors (Lipinski definition) is 1. The van der Waals surface area contributed by atoms with E-state index in [4.69, 9.17) is 25.8 Å². The molecule has 0 aliphatic carbocycles. The molecule has 1 atom stereocenters. The SMILES string of the molecule is Cc1c(C(=O)Nc2ccc(OCOCC[Si](C)(C)C)cc2)cc(-c2cc(Cl)c(F)cc2C(=O)N2Cc3ccccc3C[C@H]2CN2CCOCC2)n1C. The largest absolute Gasteiger partial charge is 0.468 e. The maximum Gasteiger partial charge on any atom is 0.257 e. The van der Waals surface area contributed by atoms with Crippen molar-refractivity contribution in [2.24, 2.45) is 7.05 Å². The lowest BCUT2D eigenvalue weighted by Gasteiger charge is -2.40. The third-order valence-electron chi connectivity index (χ3n) is 9.95. The first-order valence-electron chi connectivity index (χ1n) is 17.8. The number of aromatic nitrogens is 1. The monoisotopic (exact) mass is 746 g/mol. The Bertz CT molecular complexity index is 1910. The van der Waals surface area contributed by atoms with Crippen LogP contribution in [0, 0.1) is 12.7 Å². The molecule has 3 heterocycles. The van der Waals surface area contributed by atoms with Crippen molar-refractivity contribution in [3.8, 4) is 17.0 Å². The molecule has 0 saturated carbocycles. The normalized spacial score (nSPS) is 16.4. The number of fused-ring (bicyclic) bond motifs is 1. The van der Waals surface area contributed by atoms with E-state index in [1.165, 1.54) is 17.7 Å². The van der Waals surface area contributed by atoms with Crippen LogP contribution in [0.15, 0.2) is 66.7 Å². The zero-order valence-electron chi connectivity index (χ0n) is 30.6. The van der Waals surface area contributed by atoms with Gasteiger partial charge in [-0.25, -0.2) is 4.39 Å². The van der Waals surface area contributed by atoms with E-state index < -0.39 is 13.9 Å². The lowest BCUT2D eigenvalue weighted by atomic mass is 9.92. The number of carbonyl (C=O) groups excluding carboxylic acids is 2. The molecular formula is C40H48ClFN4O5Si. The average molecular weight is 747 g/mol. The van der Waals surface area contributed by atoms with Crippen LogP contribution in [-0.4, -0.2) is 86.5 Å². The second-order valence-corrected chi connectivity index (χ2v) is 20.9. The van der Waals surface area contributed by atoms with E-state index in [2.05, 4.69) is 35.9 Å². The van der Waals surface area contributed by atoms with Crippen molar-refractivity contribution in [1.29, 1.82) is 0 Å². The summed E-state index contributed by atoms with van der Waals surface area (Å²) in [5, 5.41) is 2.86. The van der Waals surface area contributed by atoms with Crippen molar-refractivity contribution < 1.29 is 28.2 Å². The molecule has 52 heavy (non-hydrogen) atoms. The van der Waals surface area contributed by atoms with E-state index in [0.29, 0.717) is 73.3 Å². The van der Waals surface area contributed by atoms with E-state index in [0.717, 1.165) is 24.7 Å². The van der Waals surface area contributed by atoms with Crippen LogP contribution >= 0.6 is 11.6 Å². The minimum absolute atomic E-state index is 0.103. The van der Waals surface area contributed by atoms with E-state index in [1.54, 1.807) is 30.3 Å². The first-order valence-corrected chi connectivity index (χ1v) is 21.9. The summed E-state index contributed by atoms with van der Waals surface area (Å²) in [7, 11) is 0.654. The van der Waals surface area contributed by atoms with Gasteiger partial charge in [-0.1, -0.05) is 55.5 Å². The second kappa shape index (κ2) is 16.3. The van der Waals surface area contributed by atoms with Crippen molar-refractivity contribution in [2.45, 2.75) is 51.6 Å². The molecule has 6 rings (SSSR count). The maximum atomic E-state index is 15.2. The molecule has 276 valence electrons. The number of amides is 2. The summed E-state index contributed by atoms with van der Waals surface area (Å²) in [4.78, 5) is 32.4. The van der Waals surface area contributed by atoms with E-state index in [9.17, 15) is 9.59 Å². The minimum atomic E-state index is -1.17. The highest BCUT2D eigenvalue weighted by Crippen LogP contribution is 2.35. The van der Waals surface area contributed by atoms with Gasteiger partial charge in [-0.2, -0.15) is 0 Å². The number of hydrogen-bond acceptors (Lipinski definition) is 6. The predicted molar refractivity (Wildman–Crippen MR) is 206 cm³/mol. The van der Waals surface area contributed by atoms with Crippen LogP contribution in [0.2, 0.25) is 30.7 Å². The first-order chi connectivity index (χ1) is 24.9. The second-order valence-electron chi connectivity index (χ2n) is 14.8. The van der Waals surface area contributed by atoms with Crippen molar-refractivity contribution in [3.05, 3.63) is 106 Å². The zero-order chi connectivity index (χ0) is 37.0. The number of carbonyl (C=O) groups is 2. The Kier molecular flexibility index (Phi) is 11.9. The van der Waals surface area contributed by atoms with Crippen molar-refractivity contribution >= 4 is 37.2 Å². The molecule has 9 nitrogen and oxygen atoms in total. The first kappa shape index (κ1) is 37.7. The lowest BCUT2D eigenvalue weighted by Crippen LogP contribution is -2.52. The number of anilines is 1. The van der Waals surface area contributed by atoms with Crippen molar-refractivity contribution in [2.75, 3.05) is 51.6 Å². The van der Waals surface area contributed by atoms with Gasteiger partial charge >= 0.3 is 0 Å². The van der Waals surface area contributed by atoms with Gasteiger partial charge in [0.2, 0.25) is 0 Å². The highest BCUT2D eigenvalue weighted by Gasteiger charge is 2.34. The zero-order valence-corrected chi connectivity index (χ0v) is 32.4. The molecule has 2 aliphatic rings. The van der Waals surface area contributed by atoms with Crippen LogP contribution in [0.25, 0.3) is 11.3 Å². The third-order valence-corrected chi connectivity index (χ3v) is 11.9. The standard InChI is InChI=1S/C40H48ClFN4O5Si/c1-27-33(39(47)43-30-10-12-32(13-11-30)51-26-50-18-19-52(3,4)5)23-38(44(27)2)34-21-36(41)37(42)22-35(34)40(48)46-24-29-9-7-6-8-28(29)20-31(46)25-45-14-16-49-17-15-45/h6-13,21-23,31H,14-20,24-26H2,1-5H3,(H,43,47)/t31-/m0/s1. The number of nitrogens with one attached hydrogen (secondary N) is 1. The Morgan fingerprint density at radius 1 is 1.00 bits per heavy atom. The fourth-order valence-corrected chi connectivity index (χ4v) is 7.65. The Labute approximate surface area is 311 Å². The topological polar surface area (TPSA) is 85.3 Å². The fraction of sp³-hybridized carbons (Fsp3) is 0.400. The van der Waals surface area contributed by atoms with E-state index in [-0.39, 0.29) is 35.2 Å². The molecule has 0 unspecified atom stereocenters. The summed E-state index contributed by atoms with van der Waals surface area (Å²) >= 11 is 6.37. The lowest BCUT2D eigenvalue weighted by molar-refractivity contribution is 0.0192. The molecule has 2 amide bonds. The molecule has 1 aromatic heterocycles. The molecule has 1 N–H and O–H groups in total. The highest BCUT2D eigenvalue weighted by atomic mass is 35.5. The minimum Gasteiger partial charge on any atom is -0.468 e. The summed E-state index contributed by atoms with van der Waals surface area (Å²) in [6.45, 7) is 13.6. The number of halogens is 2. The van der Waals surface area contributed by atoms with Crippen LogP contribution in [0.1, 0.15) is 37.5 Å². The number of nitrogens with zero attached hydrogens (tertiary/aromatic N) is 3. The number of morpholine rings is 1. The number of ether oxygens (including phenoxy) is 3. The van der Waals surface area contributed by atoms with Gasteiger partial charge in [0.1, 0.15) is 11.6 Å². The quantitative estimate of drug-likeness (QED) is 0.0912. The summed E-state index contributed by atoms with van der Waals surface area (Å²) in [5.74, 6) is -0.641. The highest BCUT2D eigenvalue weighted by molar-refractivity contribution is 6.76. The molecule has 1 saturated heterocycles. The van der Waals surface area contributed by atoms with Gasteiger partial charge in [-0.15, -0.1) is 0 Å². The molecule has 4 aromatic rings. The van der Waals surface area contributed by atoms with Gasteiger partial charge in [0.15, 0.2) is 6.79 Å². The summed E-state index contributed by atoms with van der Waals surface area (Å²) in [6.07, 6.45) is 0.692. The van der Waals surface area contributed by atoms with E-state index in [1.807, 2.05) is 41.6 Å². The van der Waals surface area contributed by atoms with Gasteiger partial charge < -0.3 is 29.0 Å². The summed E-state index contributed by atoms with van der Waals surface area (Å²) < 4.78 is 34.0. The van der Waals surface area contributed by atoms with Gasteiger partial charge in [-0.05, 0) is 73.0 Å². The van der Waals surface area contributed by atoms with Crippen LogP contribution in [0.5, 0.6) is 5.75 Å². The summed E-state index contributed by atoms with van der Waals surface area (Å²) in [5.41, 5.74) is 5.21. The maximum absolute atomic E-state index is 15.2. The van der Waals surface area contributed by atoms with Crippen LogP contribution in [-0.2, 0) is 29.5 Å². The Morgan fingerprint density at radius 2 is 1.71 bits per heavy atom. The Morgan fingerprint density at radius 3 is 2.42 bits per heavy atom. The van der Waals surface area contributed by atoms with E-state index >= 15 is 4.39 Å². The van der Waals surface area contributed by atoms with Crippen molar-refractivity contribution in [1.82, 2.24) is 14.4 Å². The smallest absolute Gasteiger partial charge is 0.257 e.